The number of amides is 1. The Morgan fingerprint density at radius 1 is 1.04 bits per heavy atom. The van der Waals surface area contributed by atoms with Crippen LogP contribution >= 0.6 is 0 Å². The molecule has 1 aromatic heterocycles. The van der Waals surface area contributed by atoms with Crippen LogP contribution in [-0.2, 0) is 0 Å². The third kappa shape index (κ3) is 2.95. The van der Waals surface area contributed by atoms with Gasteiger partial charge in [-0.2, -0.15) is 0 Å². The molecule has 1 N–H and O–H groups in total. The van der Waals surface area contributed by atoms with E-state index in [0.29, 0.717) is 22.1 Å². The van der Waals surface area contributed by atoms with E-state index in [1.165, 1.54) is 0 Å². The van der Waals surface area contributed by atoms with Crippen molar-refractivity contribution in [3.8, 4) is 0 Å². The fourth-order valence-corrected chi connectivity index (χ4v) is 2.93. The molecule has 0 unspecified atom stereocenters. The van der Waals surface area contributed by atoms with Gasteiger partial charge in [0, 0.05) is 5.39 Å². The lowest BCUT2D eigenvalue weighted by Crippen LogP contribution is -2.29. The van der Waals surface area contributed by atoms with Gasteiger partial charge in [0.1, 0.15) is 5.76 Å². The predicted octanol–water partition coefficient (Wildman–Crippen LogP) is 3.98. The topological polar surface area (TPSA) is 59.3 Å². The van der Waals surface area contributed by atoms with Crippen LogP contribution in [0.3, 0.4) is 0 Å². The van der Waals surface area contributed by atoms with Crippen LogP contribution in [0.4, 0.5) is 0 Å². The molecule has 1 amide bonds. The average Bonchev–Trinajstić information content (AvgIpc) is 2.60. The van der Waals surface area contributed by atoms with Crippen LogP contribution in [0, 0.1) is 6.92 Å². The van der Waals surface area contributed by atoms with E-state index in [1.807, 2.05) is 43.3 Å². The minimum atomic E-state index is -0.422. The fraction of sp³-hybridized carbons (Fsp3) is 0.200. The van der Waals surface area contributed by atoms with Gasteiger partial charge >= 0.3 is 5.63 Å². The van der Waals surface area contributed by atoms with E-state index in [2.05, 4.69) is 5.32 Å². The highest BCUT2D eigenvalue weighted by Crippen LogP contribution is 2.22. The highest BCUT2D eigenvalue weighted by molar-refractivity contribution is 6.07. The fourth-order valence-electron chi connectivity index (χ4n) is 2.93. The zero-order valence-corrected chi connectivity index (χ0v) is 13.7. The maximum absolute atomic E-state index is 12.9. The highest BCUT2D eigenvalue weighted by Gasteiger charge is 2.20. The molecule has 0 aliphatic carbocycles. The first kappa shape index (κ1) is 16.0. The number of aryl methyl sites for hydroxylation is 1. The van der Waals surface area contributed by atoms with Crippen LogP contribution in [-0.4, -0.2) is 5.91 Å². The minimum Gasteiger partial charge on any atom is -0.427 e. The molecule has 0 aliphatic rings. The molecule has 0 saturated carbocycles. The van der Waals surface area contributed by atoms with Crippen LogP contribution in [0.25, 0.3) is 10.8 Å². The average molecular weight is 321 g/mol. The van der Waals surface area contributed by atoms with Crippen molar-refractivity contribution in [3.05, 3.63) is 81.9 Å². The van der Waals surface area contributed by atoms with Crippen molar-refractivity contribution >= 4 is 16.7 Å². The van der Waals surface area contributed by atoms with Crippen LogP contribution in [0.5, 0.6) is 0 Å². The van der Waals surface area contributed by atoms with Gasteiger partial charge in [-0.25, -0.2) is 4.79 Å². The number of hydrogen-bond acceptors (Lipinski definition) is 3. The quantitative estimate of drug-likeness (QED) is 0.790. The van der Waals surface area contributed by atoms with Crippen molar-refractivity contribution in [1.29, 1.82) is 0 Å². The SMILES string of the molecule is CC[C@H](NC(=O)c1c(C)oc(=O)c2ccccc12)c1ccccc1. The summed E-state index contributed by atoms with van der Waals surface area (Å²) < 4.78 is 5.25. The normalized spacial score (nSPS) is 12.1. The standard InChI is InChI=1S/C20H19NO3/c1-3-17(14-9-5-4-6-10-14)21-19(22)18-13(2)24-20(23)16-12-8-7-11-15(16)18/h4-12,17H,3H2,1-2H3,(H,21,22)/t17-/m0/s1. The molecule has 0 aliphatic heterocycles. The summed E-state index contributed by atoms with van der Waals surface area (Å²) in [6.07, 6.45) is 0.767. The number of fused-ring (bicyclic) bond motifs is 1. The molecule has 2 aromatic carbocycles. The zero-order chi connectivity index (χ0) is 17.1. The number of carbonyl (C=O) groups excluding carboxylic acids is 1. The van der Waals surface area contributed by atoms with Gasteiger partial charge in [0.25, 0.3) is 5.91 Å². The third-order valence-corrected chi connectivity index (χ3v) is 4.16. The van der Waals surface area contributed by atoms with Crippen LogP contribution < -0.4 is 10.9 Å². The van der Waals surface area contributed by atoms with Crippen LogP contribution in [0.1, 0.15) is 41.1 Å². The first-order valence-corrected chi connectivity index (χ1v) is 8.00. The molecular formula is C20H19NO3. The van der Waals surface area contributed by atoms with Gasteiger partial charge in [-0.15, -0.1) is 0 Å². The molecule has 0 bridgehead atoms. The van der Waals surface area contributed by atoms with E-state index >= 15 is 0 Å². The van der Waals surface area contributed by atoms with Gasteiger partial charge in [0.15, 0.2) is 0 Å². The minimum absolute atomic E-state index is 0.0937. The molecule has 24 heavy (non-hydrogen) atoms. The Balaban J connectivity index is 2.01. The second kappa shape index (κ2) is 6.71. The molecular weight excluding hydrogens is 302 g/mol. The number of benzene rings is 2. The van der Waals surface area contributed by atoms with Gasteiger partial charge in [-0.1, -0.05) is 55.5 Å². The second-order valence-electron chi connectivity index (χ2n) is 5.71. The van der Waals surface area contributed by atoms with E-state index in [9.17, 15) is 9.59 Å². The third-order valence-electron chi connectivity index (χ3n) is 4.16. The summed E-state index contributed by atoms with van der Waals surface area (Å²) in [5, 5.41) is 4.09. The maximum atomic E-state index is 12.9. The van der Waals surface area contributed by atoms with Gasteiger partial charge in [0.05, 0.1) is 17.0 Å². The molecule has 4 heteroatoms. The number of rotatable bonds is 4. The molecule has 0 fully saturated rings. The lowest BCUT2D eigenvalue weighted by molar-refractivity contribution is 0.0934. The number of hydrogen-bond donors (Lipinski definition) is 1. The van der Waals surface area contributed by atoms with Crippen molar-refractivity contribution in [1.82, 2.24) is 5.32 Å². The smallest absolute Gasteiger partial charge is 0.343 e. The van der Waals surface area contributed by atoms with Crippen LogP contribution in [0.2, 0.25) is 0 Å². The monoisotopic (exact) mass is 321 g/mol. The Hall–Kier alpha value is -2.88. The number of nitrogens with one attached hydrogen (secondary N) is 1. The van der Waals surface area contributed by atoms with E-state index in [1.54, 1.807) is 25.1 Å². The van der Waals surface area contributed by atoms with Crippen LogP contribution in [0.15, 0.2) is 63.8 Å². The lowest BCUT2D eigenvalue weighted by Gasteiger charge is -2.18. The molecule has 0 spiro atoms. The zero-order valence-electron chi connectivity index (χ0n) is 13.7. The van der Waals surface area contributed by atoms with E-state index in [0.717, 1.165) is 12.0 Å². The molecule has 0 saturated heterocycles. The Morgan fingerprint density at radius 3 is 2.33 bits per heavy atom. The van der Waals surface area contributed by atoms with Crippen molar-refractivity contribution in [2.45, 2.75) is 26.3 Å². The summed E-state index contributed by atoms with van der Waals surface area (Å²) in [6, 6.07) is 16.8. The highest BCUT2D eigenvalue weighted by atomic mass is 16.4. The molecule has 3 rings (SSSR count). The summed E-state index contributed by atoms with van der Waals surface area (Å²) in [6.45, 7) is 3.67. The Kier molecular flexibility index (Phi) is 4.47. The predicted molar refractivity (Wildman–Crippen MR) is 94.2 cm³/mol. The first-order valence-electron chi connectivity index (χ1n) is 8.00. The van der Waals surface area contributed by atoms with Gasteiger partial charge in [-0.05, 0) is 25.0 Å². The van der Waals surface area contributed by atoms with Crippen molar-refractivity contribution in [3.63, 3.8) is 0 Å². The van der Waals surface area contributed by atoms with E-state index in [4.69, 9.17) is 4.42 Å². The molecule has 1 heterocycles. The summed E-state index contributed by atoms with van der Waals surface area (Å²) in [4.78, 5) is 24.8. The Bertz CT molecular complexity index is 929. The van der Waals surface area contributed by atoms with Crippen molar-refractivity contribution in [2.75, 3.05) is 0 Å². The second-order valence-corrected chi connectivity index (χ2v) is 5.71. The number of carbonyl (C=O) groups is 1. The van der Waals surface area contributed by atoms with Gasteiger partial charge < -0.3 is 9.73 Å². The summed E-state index contributed by atoms with van der Waals surface area (Å²) >= 11 is 0. The Morgan fingerprint density at radius 2 is 1.67 bits per heavy atom. The molecule has 1 atom stereocenters. The summed E-state index contributed by atoms with van der Waals surface area (Å²) in [7, 11) is 0. The summed E-state index contributed by atoms with van der Waals surface area (Å²) in [5.74, 6) is 0.0993. The van der Waals surface area contributed by atoms with Gasteiger partial charge in [0.2, 0.25) is 0 Å². The molecule has 4 nitrogen and oxygen atoms in total. The van der Waals surface area contributed by atoms with Gasteiger partial charge in [-0.3, -0.25) is 4.79 Å². The van der Waals surface area contributed by atoms with Crippen molar-refractivity contribution in [2.24, 2.45) is 0 Å². The largest absolute Gasteiger partial charge is 0.427 e. The maximum Gasteiger partial charge on any atom is 0.343 e. The molecule has 3 aromatic rings. The van der Waals surface area contributed by atoms with E-state index in [-0.39, 0.29) is 11.9 Å². The first-order chi connectivity index (χ1) is 11.6. The van der Waals surface area contributed by atoms with E-state index < -0.39 is 5.63 Å². The summed E-state index contributed by atoms with van der Waals surface area (Å²) in [5.41, 5.74) is 1.04. The Labute approximate surface area is 140 Å². The molecule has 122 valence electrons. The molecule has 0 radical (unpaired) electrons. The lowest BCUT2D eigenvalue weighted by atomic mass is 10.0. The van der Waals surface area contributed by atoms with Crippen molar-refractivity contribution < 1.29 is 9.21 Å².